The standard InChI is InChI=1S/C24H29N5OS/c1-13(2)28-11-16-5-4-15(28)12-29(16)20-9-6-17-18(27-20)7-8-19-21(17)22-23(31-19)24(30)26-14(3)10-25-22/h6-9,13-16,25H,4-5,10-12H2,1-3H3,(H,26,30)/t14-,15+,16+/m1/s1. The fourth-order valence-corrected chi connectivity index (χ4v) is 6.75. The van der Waals surface area contributed by atoms with Crippen LogP contribution in [0.3, 0.4) is 0 Å². The topological polar surface area (TPSA) is 60.5 Å². The van der Waals surface area contributed by atoms with E-state index in [4.69, 9.17) is 4.98 Å². The normalized spacial score (nSPS) is 26.3. The minimum atomic E-state index is 0.0190. The molecular formula is C24H29N5OS. The van der Waals surface area contributed by atoms with E-state index in [9.17, 15) is 4.79 Å². The molecule has 0 unspecified atom stereocenters. The summed E-state index contributed by atoms with van der Waals surface area (Å²) >= 11 is 1.56. The van der Waals surface area contributed by atoms with E-state index in [1.807, 2.05) is 6.92 Å². The molecule has 0 saturated carbocycles. The van der Waals surface area contributed by atoms with Crippen LogP contribution in [0, 0.1) is 0 Å². The average molecular weight is 436 g/mol. The van der Waals surface area contributed by atoms with Crippen molar-refractivity contribution in [2.75, 3.05) is 29.9 Å². The summed E-state index contributed by atoms with van der Waals surface area (Å²) in [6, 6.07) is 10.5. The van der Waals surface area contributed by atoms with Gasteiger partial charge in [0, 0.05) is 59.3 Å². The first kappa shape index (κ1) is 19.3. The summed E-state index contributed by atoms with van der Waals surface area (Å²) < 4.78 is 1.13. The number of aromatic nitrogens is 1. The Morgan fingerprint density at radius 3 is 2.74 bits per heavy atom. The lowest BCUT2D eigenvalue weighted by Gasteiger charge is -2.53. The van der Waals surface area contributed by atoms with E-state index >= 15 is 0 Å². The highest BCUT2D eigenvalue weighted by Crippen LogP contribution is 2.41. The number of amides is 1. The van der Waals surface area contributed by atoms with Crippen LogP contribution in [-0.4, -0.2) is 59.6 Å². The van der Waals surface area contributed by atoms with Gasteiger partial charge in [-0.05, 0) is 57.9 Å². The first-order chi connectivity index (χ1) is 15.0. The van der Waals surface area contributed by atoms with Crippen LogP contribution in [0.1, 0.15) is 43.3 Å². The molecule has 1 aromatic carbocycles. The van der Waals surface area contributed by atoms with E-state index in [1.165, 1.54) is 12.8 Å². The molecule has 6 nitrogen and oxygen atoms in total. The first-order valence-electron chi connectivity index (χ1n) is 11.4. The number of carbonyl (C=O) groups excluding carboxylic acids is 1. The number of piperidine rings is 2. The van der Waals surface area contributed by atoms with Gasteiger partial charge in [-0.2, -0.15) is 0 Å². The first-order valence-corrected chi connectivity index (χ1v) is 12.2. The zero-order valence-corrected chi connectivity index (χ0v) is 19.1. The Kier molecular flexibility index (Phi) is 4.40. The second-order valence-corrected chi connectivity index (χ2v) is 10.6. The second-order valence-electron chi connectivity index (χ2n) is 9.56. The lowest BCUT2D eigenvalue weighted by molar-refractivity contribution is 0.0669. The molecule has 0 spiro atoms. The largest absolute Gasteiger partial charge is 0.381 e. The minimum absolute atomic E-state index is 0.0190. The van der Waals surface area contributed by atoms with Crippen molar-refractivity contribution in [3.8, 4) is 0 Å². The van der Waals surface area contributed by atoms with Crippen molar-refractivity contribution in [3.63, 3.8) is 0 Å². The maximum Gasteiger partial charge on any atom is 0.263 e. The van der Waals surface area contributed by atoms with Gasteiger partial charge in [0.1, 0.15) is 10.7 Å². The van der Waals surface area contributed by atoms with Crippen molar-refractivity contribution in [1.29, 1.82) is 0 Å². The van der Waals surface area contributed by atoms with Crippen molar-refractivity contribution in [3.05, 3.63) is 29.1 Å². The fourth-order valence-electron chi connectivity index (χ4n) is 5.65. The molecule has 3 saturated heterocycles. The van der Waals surface area contributed by atoms with Gasteiger partial charge in [0.05, 0.1) is 11.2 Å². The molecule has 2 aromatic heterocycles. The molecule has 7 heteroatoms. The van der Waals surface area contributed by atoms with Crippen molar-refractivity contribution < 1.29 is 4.79 Å². The van der Waals surface area contributed by atoms with E-state index in [2.05, 4.69) is 58.5 Å². The molecule has 7 rings (SSSR count). The van der Waals surface area contributed by atoms with Crippen LogP contribution < -0.4 is 15.5 Å². The van der Waals surface area contributed by atoms with Gasteiger partial charge in [0.15, 0.2) is 0 Å². The number of anilines is 2. The monoisotopic (exact) mass is 435 g/mol. The third-order valence-corrected chi connectivity index (χ3v) is 8.36. The number of hydrogen-bond acceptors (Lipinski definition) is 6. The maximum absolute atomic E-state index is 12.7. The number of pyridine rings is 1. The number of nitrogens with zero attached hydrogens (tertiary/aromatic N) is 3. The van der Waals surface area contributed by atoms with Crippen molar-refractivity contribution in [2.24, 2.45) is 0 Å². The Morgan fingerprint density at radius 1 is 1.13 bits per heavy atom. The van der Waals surface area contributed by atoms with Crippen LogP contribution in [0.15, 0.2) is 24.3 Å². The zero-order valence-electron chi connectivity index (χ0n) is 18.3. The highest BCUT2D eigenvalue weighted by Gasteiger charge is 2.40. The molecule has 3 fully saturated rings. The van der Waals surface area contributed by atoms with Gasteiger partial charge in [-0.15, -0.1) is 11.3 Å². The zero-order chi connectivity index (χ0) is 21.3. The van der Waals surface area contributed by atoms with Crippen LogP contribution in [0.25, 0.3) is 21.0 Å². The quantitative estimate of drug-likeness (QED) is 0.636. The number of benzene rings is 1. The molecule has 6 heterocycles. The van der Waals surface area contributed by atoms with E-state index < -0.39 is 0 Å². The summed E-state index contributed by atoms with van der Waals surface area (Å²) in [5.74, 6) is 1.11. The number of hydrogen-bond donors (Lipinski definition) is 2. The van der Waals surface area contributed by atoms with Crippen LogP contribution >= 0.6 is 11.3 Å². The Labute approximate surface area is 186 Å². The third-order valence-electron chi connectivity index (χ3n) is 7.21. The maximum atomic E-state index is 12.7. The predicted molar refractivity (Wildman–Crippen MR) is 129 cm³/mol. The molecular weight excluding hydrogens is 406 g/mol. The molecule has 0 aliphatic carbocycles. The number of fused-ring (bicyclic) bond motifs is 8. The second kappa shape index (κ2) is 7.07. The highest BCUT2D eigenvalue weighted by molar-refractivity contribution is 7.21. The number of nitrogens with one attached hydrogen (secondary N) is 2. The summed E-state index contributed by atoms with van der Waals surface area (Å²) in [6.07, 6.45) is 2.54. The molecule has 2 bridgehead atoms. The third kappa shape index (κ3) is 3.01. The SMILES string of the molecule is CC(C)N1C[C@@H]2CC[C@H]1CN2c1ccc2c(ccc3sc4c(c32)NC[C@@H](C)NC4=O)n1. The number of thiophene rings is 1. The van der Waals surface area contributed by atoms with E-state index in [-0.39, 0.29) is 11.9 Å². The number of rotatable bonds is 2. The molecule has 4 aliphatic heterocycles. The molecule has 2 N–H and O–H groups in total. The number of carbonyl (C=O) groups is 1. The smallest absolute Gasteiger partial charge is 0.263 e. The molecule has 4 aliphatic rings. The van der Waals surface area contributed by atoms with Crippen LogP contribution in [0.2, 0.25) is 0 Å². The average Bonchev–Trinajstić information content (AvgIpc) is 3.10. The number of piperazine rings is 1. The summed E-state index contributed by atoms with van der Waals surface area (Å²) in [7, 11) is 0. The van der Waals surface area contributed by atoms with Gasteiger partial charge in [0.2, 0.25) is 0 Å². The fraction of sp³-hybridized carbons (Fsp3) is 0.500. The lowest BCUT2D eigenvalue weighted by Crippen LogP contribution is -2.64. The highest BCUT2D eigenvalue weighted by atomic mass is 32.1. The predicted octanol–water partition coefficient (Wildman–Crippen LogP) is 4.05. The summed E-state index contributed by atoms with van der Waals surface area (Å²) in [6.45, 7) is 9.58. The van der Waals surface area contributed by atoms with Crippen LogP contribution in [-0.2, 0) is 0 Å². The Bertz CT molecular complexity index is 1190. The molecule has 162 valence electrons. The van der Waals surface area contributed by atoms with E-state index in [0.29, 0.717) is 18.1 Å². The van der Waals surface area contributed by atoms with Crippen LogP contribution in [0.5, 0.6) is 0 Å². The van der Waals surface area contributed by atoms with E-state index in [1.54, 1.807) is 11.3 Å². The summed E-state index contributed by atoms with van der Waals surface area (Å²) in [5, 5.41) is 8.84. The lowest BCUT2D eigenvalue weighted by atomic mass is 9.89. The van der Waals surface area contributed by atoms with Crippen molar-refractivity contribution >= 4 is 49.7 Å². The van der Waals surface area contributed by atoms with Crippen molar-refractivity contribution in [1.82, 2.24) is 15.2 Å². The van der Waals surface area contributed by atoms with Gasteiger partial charge in [-0.3, -0.25) is 9.69 Å². The van der Waals surface area contributed by atoms with E-state index in [0.717, 1.165) is 57.0 Å². The van der Waals surface area contributed by atoms with Gasteiger partial charge >= 0.3 is 0 Å². The molecule has 1 amide bonds. The molecule has 31 heavy (non-hydrogen) atoms. The Balaban J connectivity index is 1.41. The minimum Gasteiger partial charge on any atom is -0.381 e. The summed E-state index contributed by atoms with van der Waals surface area (Å²) in [5.41, 5.74) is 1.97. The molecule has 0 radical (unpaired) electrons. The van der Waals surface area contributed by atoms with Gasteiger partial charge in [-0.1, -0.05) is 0 Å². The molecule has 3 aromatic rings. The Morgan fingerprint density at radius 2 is 1.97 bits per heavy atom. The van der Waals surface area contributed by atoms with Crippen molar-refractivity contribution in [2.45, 2.75) is 57.8 Å². The van der Waals surface area contributed by atoms with Gasteiger partial charge in [-0.25, -0.2) is 4.98 Å². The Hall–Kier alpha value is -2.38. The molecule has 3 atom stereocenters. The summed E-state index contributed by atoms with van der Waals surface area (Å²) in [4.78, 5) is 23.7. The van der Waals surface area contributed by atoms with Gasteiger partial charge in [0.25, 0.3) is 5.91 Å². The van der Waals surface area contributed by atoms with Crippen LogP contribution in [0.4, 0.5) is 11.5 Å². The van der Waals surface area contributed by atoms with Gasteiger partial charge < -0.3 is 15.5 Å².